The van der Waals surface area contributed by atoms with Crippen LogP contribution in [0.25, 0.3) is 10.9 Å². The van der Waals surface area contributed by atoms with E-state index >= 15 is 0 Å². The zero-order valence-corrected chi connectivity index (χ0v) is 18.3. The Morgan fingerprint density at radius 3 is 2.45 bits per heavy atom. The third-order valence-corrected chi connectivity index (χ3v) is 4.04. The number of anilines is 1. The van der Waals surface area contributed by atoms with Crippen molar-refractivity contribution in [2.45, 2.75) is 39.5 Å². The molecule has 0 bridgehead atoms. The summed E-state index contributed by atoms with van der Waals surface area (Å²) >= 11 is 0. The summed E-state index contributed by atoms with van der Waals surface area (Å²) in [4.78, 5) is 37.5. The van der Waals surface area contributed by atoms with E-state index in [1.54, 1.807) is 20.8 Å². The zero-order valence-electron chi connectivity index (χ0n) is 18.3. The standard InChI is InChI=1S/C21H23F3N4O5/c1-5-7-13(21(22,23)24)27-28-16-11(8-6-9-12(16)25)17(30)15(19(28)32)18(31)26-10-14(29)33-20(2,3)4/h5-9,30H,10,25H2,1-4H3,(H,26,31)/b7-5-,27-13+. The number of pyridine rings is 1. The lowest BCUT2D eigenvalue weighted by Crippen LogP contribution is -2.38. The summed E-state index contributed by atoms with van der Waals surface area (Å²) in [5.74, 6) is -2.86. The van der Waals surface area contributed by atoms with Crippen molar-refractivity contribution in [2.24, 2.45) is 5.10 Å². The first-order valence-electron chi connectivity index (χ1n) is 9.62. The van der Waals surface area contributed by atoms with Crippen LogP contribution < -0.4 is 16.6 Å². The molecule has 178 valence electrons. The Kier molecular flexibility index (Phi) is 7.20. The topological polar surface area (TPSA) is 136 Å². The molecule has 33 heavy (non-hydrogen) atoms. The number of aromatic nitrogens is 1. The van der Waals surface area contributed by atoms with Gasteiger partial charge in [-0.1, -0.05) is 12.1 Å². The average Bonchev–Trinajstić information content (AvgIpc) is 2.67. The van der Waals surface area contributed by atoms with Gasteiger partial charge in [0.25, 0.3) is 11.5 Å². The SMILES string of the molecule is C/C=C\C(=N/n1c(=O)c(C(=O)NCC(=O)OC(C)(C)C)c(O)c2cccc(N)c21)C(F)(F)F. The molecule has 0 saturated carbocycles. The molecule has 2 rings (SSSR count). The molecule has 4 N–H and O–H groups in total. The Morgan fingerprint density at radius 2 is 1.91 bits per heavy atom. The molecule has 0 unspecified atom stereocenters. The van der Waals surface area contributed by atoms with Crippen molar-refractivity contribution < 1.29 is 32.6 Å². The van der Waals surface area contributed by atoms with Crippen LogP contribution in [0.4, 0.5) is 18.9 Å². The number of allylic oxidation sites excluding steroid dienone is 2. The van der Waals surface area contributed by atoms with Crippen LogP contribution in [-0.2, 0) is 9.53 Å². The van der Waals surface area contributed by atoms with Crippen LogP contribution in [0.2, 0.25) is 0 Å². The number of nitrogens with one attached hydrogen (secondary N) is 1. The number of nitrogen functional groups attached to an aromatic ring is 1. The van der Waals surface area contributed by atoms with Crippen molar-refractivity contribution in [2.75, 3.05) is 12.3 Å². The number of carbonyl (C=O) groups is 2. The highest BCUT2D eigenvalue weighted by Crippen LogP contribution is 2.30. The van der Waals surface area contributed by atoms with Gasteiger partial charge in [-0.25, -0.2) is 0 Å². The molecule has 0 aliphatic heterocycles. The van der Waals surface area contributed by atoms with Gasteiger partial charge in [-0.3, -0.25) is 14.4 Å². The van der Waals surface area contributed by atoms with Gasteiger partial charge < -0.3 is 20.9 Å². The van der Waals surface area contributed by atoms with E-state index in [4.69, 9.17) is 10.5 Å². The van der Waals surface area contributed by atoms with Crippen molar-refractivity contribution in [3.8, 4) is 5.75 Å². The average molecular weight is 468 g/mol. The third-order valence-electron chi connectivity index (χ3n) is 4.04. The number of aromatic hydroxyl groups is 1. The molecular formula is C21H23F3N4O5. The lowest BCUT2D eigenvalue weighted by atomic mass is 10.1. The van der Waals surface area contributed by atoms with Crippen molar-refractivity contribution in [1.29, 1.82) is 0 Å². The number of rotatable bonds is 5. The Hall–Kier alpha value is -3.83. The molecule has 12 heteroatoms. The van der Waals surface area contributed by atoms with Crippen LogP contribution in [0.15, 0.2) is 40.2 Å². The van der Waals surface area contributed by atoms with Crippen LogP contribution >= 0.6 is 0 Å². The highest BCUT2D eigenvalue weighted by atomic mass is 19.4. The molecule has 0 saturated heterocycles. The number of amides is 1. The number of benzene rings is 1. The summed E-state index contributed by atoms with van der Waals surface area (Å²) < 4.78 is 45.5. The molecule has 0 fully saturated rings. The third kappa shape index (κ3) is 5.90. The van der Waals surface area contributed by atoms with Gasteiger partial charge in [0.15, 0.2) is 5.71 Å². The summed E-state index contributed by atoms with van der Waals surface area (Å²) in [5, 5.41) is 15.9. The summed E-state index contributed by atoms with van der Waals surface area (Å²) in [6.07, 6.45) is -3.23. The van der Waals surface area contributed by atoms with E-state index in [0.29, 0.717) is 10.8 Å². The van der Waals surface area contributed by atoms with Crippen LogP contribution in [0.1, 0.15) is 38.1 Å². The molecule has 0 atom stereocenters. The molecule has 2 aromatic rings. The fourth-order valence-electron chi connectivity index (χ4n) is 2.80. The van der Waals surface area contributed by atoms with E-state index in [9.17, 15) is 32.7 Å². The van der Waals surface area contributed by atoms with Crippen molar-refractivity contribution >= 4 is 34.2 Å². The number of nitrogens with zero attached hydrogens (tertiary/aromatic N) is 2. The maximum absolute atomic E-state index is 13.4. The van der Waals surface area contributed by atoms with Gasteiger partial charge >= 0.3 is 12.1 Å². The van der Waals surface area contributed by atoms with Gasteiger partial charge in [0, 0.05) is 5.39 Å². The highest BCUT2D eigenvalue weighted by Gasteiger charge is 2.35. The summed E-state index contributed by atoms with van der Waals surface area (Å²) in [7, 11) is 0. The van der Waals surface area contributed by atoms with E-state index in [-0.39, 0.29) is 16.6 Å². The molecule has 0 aliphatic rings. The number of hydrogen-bond donors (Lipinski definition) is 3. The zero-order chi connectivity index (χ0) is 25.1. The second-order valence-corrected chi connectivity index (χ2v) is 7.84. The van der Waals surface area contributed by atoms with E-state index in [0.717, 1.165) is 6.08 Å². The van der Waals surface area contributed by atoms with Crippen LogP contribution in [-0.4, -0.2) is 45.7 Å². The van der Waals surface area contributed by atoms with E-state index in [2.05, 4.69) is 10.4 Å². The number of alkyl halides is 3. The number of nitrogens with two attached hydrogens (primary N) is 1. The summed E-state index contributed by atoms with van der Waals surface area (Å²) in [6.45, 7) is 5.48. The number of carbonyl (C=O) groups excluding carboxylic acids is 2. The predicted molar refractivity (Wildman–Crippen MR) is 116 cm³/mol. The first-order valence-corrected chi connectivity index (χ1v) is 9.62. The monoisotopic (exact) mass is 468 g/mol. The lowest BCUT2D eigenvalue weighted by Gasteiger charge is -2.19. The minimum absolute atomic E-state index is 0.161. The Labute approximate surface area is 186 Å². The Balaban J connectivity index is 2.70. The summed E-state index contributed by atoms with van der Waals surface area (Å²) in [5.41, 5.74) is 0.784. The van der Waals surface area contributed by atoms with Crippen LogP contribution in [0.3, 0.4) is 0 Å². The second kappa shape index (κ2) is 9.35. The maximum atomic E-state index is 13.4. The molecular weight excluding hydrogens is 445 g/mol. The largest absolute Gasteiger partial charge is 0.506 e. The molecule has 1 aromatic carbocycles. The number of hydrogen-bond acceptors (Lipinski definition) is 7. The summed E-state index contributed by atoms with van der Waals surface area (Å²) in [6, 6.07) is 3.91. The quantitative estimate of drug-likeness (QED) is 0.351. The fraction of sp³-hybridized carbons (Fsp3) is 0.333. The van der Waals surface area contributed by atoms with E-state index in [1.165, 1.54) is 25.1 Å². The minimum Gasteiger partial charge on any atom is -0.506 e. The molecule has 1 aromatic heterocycles. The van der Waals surface area contributed by atoms with Crippen molar-refractivity contribution in [1.82, 2.24) is 9.99 Å². The Morgan fingerprint density at radius 1 is 1.27 bits per heavy atom. The lowest BCUT2D eigenvalue weighted by molar-refractivity contribution is -0.153. The van der Waals surface area contributed by atoms with Crippen LogP contribution in [0, 0.1) is 0 Å². The molecule has 0 aliphatic carbocycles. The Bertz CT molecular complexity index is 1210. The number of ether oxygens (including phenoxy) is 1. The van der Waals surface area contributed by atoms with E-state index in [1.807, 2.05) is 0 Å². The second-order valence-electron chi connectivity index (χ2n) is 7.84. The number of halogens is 3. The van der Waals surface area contributed by atoms with Gasteiger partial charge in [0.2, 0.25) is 0 Å². The predicted octanol–water partition coefficient (Wildman–Crippen LogP) is 2.70. The van der Waals surface area contributed by atoms with Crippen LogP contribution in [0.5, 0.6) is 5.75 Å². The van der Waals surface area contributed by atoms with Gasteiger partial charge in [0.05, 0.1) is 5.69 Å². The smallest absolute Gasteiger partial charge is 0.435 e. The molecule has 0 spiro atoms. The first-order chi connectivity index (χ1) is 15.2. The van der Waals surface area contributed by atoms with Crippen molar-refractivity contribution in [3.63, 3.8) is 0 Å². The van der Waals surface area contributed by atoms with Crippen molar-refractivity contribution in [3.05, 3.63) is 46.3 Å². The first kappa shape index (κ1) is 25.4. The molecule has 9 nitrogen and oxygen atoms in total. The fourth-order valence-corrected chi connectivity index (χ4v) is 2.80. The van der Waals surface area contributed by atoms with Gasteiger partial charge in [0.1, 0.15) is 29.0 Å². The molecule has 1 amide bonds. The number of para-hydroxylation sites is 1. The minimum atomic E-state index is -4.93. The van der Waals surface area contributed by atoms with Gasteiger partial charge in [-0.05, 0) is 45.9 Å². The highest BCUT2D eigenvalue weighted by molar-refractivity contribution is 6.06. The maximum Gasteiger partial charge on any atom is 0.435 e. The van der Waals surface area contributed by atoms with E-state index < -0.39 is 52.8 Å². The number of esters is 1. The van der Waals surface area contributed by atoms with Gasteiger partial charge in [-0.15, -0.1) is 0 Å². The van der Waals surface area contributed by atoms with Gasteiger partial charge in [-0.2, -0.15) is 22.9 Å². The number of fused-ring (bicyclic) bond motifs is 1. The normalized spacial score (nSPS) is 12.9. The molecule has 0 radical (unpaired) electrons. The molecule has 1 heterocycles.